The van der Waals surface area contributed by atoms with Crippen molar-refractivity contribution in [2.24, 2.45) is 5.73 Å². The average Bonchev–Trinajstić information content (AvgIpc) is 2.73. The van der Waals surface area contributed by atoms with Crippen molar-refractivity contribution in [3.8, 4) is 11.5 Å². The van der Waals surface area contributed by atoms with E-state index in [-0.39, 0.29) is 6.04 Å². The summed E-state index contributed by atoms with van der Waals surface area (Å²) >= 11 is 0. The SMILES string of the molecule is NC(Cc1ccccc1)Cc1ccc2c(c1)OCCCO2. The van der Waals surface area contributed by atoms with Crippen molar-refractivity contribution in [3.05, 3.63) is 59.7 Å². The number of nitrogens with two attached hydrogens (primary N) is 1. The monoisotopic (exact) mass is 283 g/mol. The molecule has 2 aromatic carbocycles. The standard InChI is InChI=1S/C18H21NO2/c19-16(11-14-5-2-1-3-6-14)12-15-7-8-17-18(13-15)21-10-4-9-20-17/h1-3,5-8,13,16H,4,9-12,19H2. The number of benzene rings is 2. The smallest absolute Gasteiger partial charge is 0.161 e. The zero-order chi connectivity index (χ0) is 14.5. The van der Waals surface area contributed by atoms with Gasteiger partial charge in [-0.25, -0.2) is 0 Å². The topological polar surface area (TPSA) is 44.5 Å². The zero-order valence-corrected chi connectivity index (χ0v) is 12.1. The summed E-state index contributed by atoms with van der Waals surface area (Å²) in [6.45, 7) is 1.44. The molecule has 110 valence electrons. The van der Waals surface area contributed by atoms with Crippen LogP contribution < -0.4 is 15.2 Å². The minimum atomic E-state index is 0.108. The van der Waals surface area contributed by atoms with E-state index in [9.17, 15) is 0 Å². The van der Waals surface area contributed by atoms with E-state index in [4.69, 9.17) is 15.2 Å². The van der Waals surface area contributed by atoms with Gasteiger partial charge in [-0.05, 0) is 36.1 Å². The second kappa shape index (κ2) is 6.64. The predicted molar refractivity (Wildman–Crippen MR) is 83.9 cm³/mol. The molecule has 3 nitrogen and oxygen atoms in total. The zero-order valence-electron chi connectivity index (χ0n) is 12.1. The maximum atomic E-state index is 6.27. The third kappa shape index (κ3) is 3.76. The molecule has 2 N–H and O–H groups in total. The third-order valence-electron chi connectivity index (χ3n) is 3.65. The first-order valence-corrected chi connectivity index (χ1v) is 7.49. The lowest BCUT2D eigenvalue weighted by atomic mass is 9.99. The summed E-state index contributed by atoms with van der Waals surface area (Å²) in [5.74, 6) is 1.68. The van der Waals surface area contributed by atoms with Crippen LogP contribution in [0.5, 0.6) is 11.5 Å². The van der Waals surface area contributed by atoms with Crippen LogP contribution in [0.15, 0.2) is 48.5 Å². The highest BCUT2D eigenvalue weighted by atomic mass is 16.5. The van der Waals surface area contributed by atoms with Gasteiger partial charge < -0.3 is 15.2 Å². The summed E-state index contributed by atoms with van der Waals surface area (Å²) in [5.41, 5.74) is 8.75. The Kier molecular flexibility index (Phi) is 4.41. The van der Waals surface area contributed by atoms with E-state index in [1.807, 2.05) is 12.1 Å². The summed E-state index contributed by atoms with van der Waals surface area (Å²) in [7, 11) is 0. The van der Waals surface area contributed by atoms with E-state index in [1.54, 1.807) is 0 Å². The molecule has 1 aliphatic rings. The molecule has 1 unspecified atom stereocenters. The van der Waals surface area contributed by atoms with Crippen molar-refractivity contribution >= 4 is 0 Å². The molecular formula is C18H21NO2. The number of fused-ring (bicyclic) bond motifs is 1. The van der Waals surface area contributed by atoms with E-state index in [0.717, 1.165) is 37.4 Å². The second-order valence-electron chi connectivity index (χ2n) is 5.49. The molecule has 3 rings (SSSR count). The highest BCUT2D eigenvalue weighted by Gasteiger charge is 2.12. The molecule has 0 fully saturated rings. The Hall–Kier alpha value is -2.00. The lowest BCUT2D eigenvalue weighted by Gasteiger charge is -2.14. The molecule has 0 saturated carbocycles. The van der Waals surface area contributed by atoms with Crippen molar-refractivity contribution in [2.45, 2.75) is 25.3 Å². The van der Waals surface area contributed by atoms with Gasteiger partial charge >= 0.3 is 0 Å². The van der Waals surface area contributed by atoms with Crippen LogP contribution in [0.25, 0.3) is 0 Å². The Morgan fingerprint density at radius 2 is 1.57 bits per heavy atom. The summed E-state index contributed by atoms with van der Waals surface area (Å²) < 4.78 is 11.4. The van der Waals surface area contributed by atoms with E-state index in [1.165, 1.54) is 11.1 Å². The average molecular weight is 283 g/mol. The fourth-order valence-corrected chi connectivity index (χ4v) is 2.63. The molecule has 0 saturated heterocycles. The van der Waals surface area contributed by atoms with Crippen molar-refractivity contribution < 1.29 is 9.47 Å². The van der Waals surface area contributed by atoms with Gasteiger partial charge in [-0.2, -0.15) is 0 Å². The molecule has 0 amide bonds. The van der Waals surface area contributed by atoms with E-state index in [2.05, 4.69) is 36.4 Å². The van der Waals surface area contributed by atoms with Crippen LogP contribution in [0.2, 0.25) is 0 Å². The summed E-state index contributed by atoms with van der Waals surface area (Å²) in [6, 6.07) is 16.6. The molecule has 0 aliphatic carbocycles. The molecule has 0 radical (unpaired) electrons. The molecule has 3 heteroatoms. The molecule has 1 atom stereocenters. The molecular weight excluding hydrogens is 262 g/mol. The first-order valence-electron chi connectivity index (χ1n) is 7.49. The maximum Gasteiger partial charge on any atom is 0.161 e. The van der Waals surface area contributed by atoms with Gasteiger partial charge in [-0.1, -0.05) is 36.4 Å². The molecule has 0 aromatic heterocycles. The van der Waals surface area contributed by atoms with Gasteiger partial charge in [0.15, 0.2) is 11.5 Å². The Bertz CT molecular complexity index is 583. The Balaban J connectivity index is 1.66. The summed E-state index contributed by atoms with van der Waals surface area (Å²) in [5, 5.41) is 0. The second-order valence-corrected chi connectivity index (χ2v) is 5.49. The fraction of sp³-hybridized carbons (Fsp3) is 0.333. The normalized spacial score (nSPS) is 15.3. The predicted octanol–water partition coefficient (Wildman–Crippen LogP) is 2.96. The van der Waals surface area contributed by atoms with Gasteiger partial charge in [0.1, 0.15) is 0 Å². The van der Waals surface area contributed by atoms with Gasteiger partial charge in [0.05, 0.1) is 13.2 Å². The van der Waals surface area contributed by atoms with Crippen LogP contribution in [0.1, 0.15) is 17.5 Å². The van der Waals surface area contributed by atoms with Crippen LogP contribution >= 0.6 is 0 Å². The van der Waals surface area contributed by atoms with Gasteiger partial charge in [0.2, 0.25) is 0 Å². The molecule has 1 heterocycles. The lowest BCUT2D eigenvalue weighted by molar-refractivity contribution is 0.297. The largest absolute Gasteiger partial charge is 0.490 e. The van der Waals surface area contributed by atoms with Crippen LogP contribution in [0, 0.1) is 0 Å². The minimum absolute atomic E-state index is 0.108. The van der Waals surface area contributed by atoms with Crippen LogP contribution in [-0.2, 0) is 12.8 Å². The van der Waals surface area contributed by atoms with Gasteiger partial charge in [0.25, 0.3) is 0 Å². The highest BCUT2D eigenvalue weighted by Crippen LogP contribution is 2.30. The number of hydrogen-bond acceptors (Lipinski definition) is 3. The first kappa shape index (κ1) is 14.0. The van der Waals surface area contributed by atoms with Gasteiger partial charge in [0, 0.05) is 12.5 Å². The van der Waals surface area contributed by atoms with E-state index >= 15 is 0 Å². The molecule has 21 heavy (non-hydrogen) atoms. The van der Waals surface area contributed by atoms with E-state index in [0.29, 0.717) is 6.61 Å². The van der Waals surface area contributed by atoms with Crippen LogP contribution in [0.4, 0.5) is 0 Å². The first-order chi connectivity index (χ1) is 10.3. The maximum absolute atomic E-state index is 6.27. The molecule has 0 spiro atoms. The van der Waals surface area contributed by atoms with Gasteiger partial charge in [-0.15, -0.1) is 0 Å². The molecule has 2 aromatic rings. The van der Waals surface area contributed by atoms with Crippen molar-refractivity contribution in [1.82, 2.24) is 0 Å². The Morgan fingerprint density at radius 1 is 0.857 bits per heavy atom. The summed E-state index contributed by atoms with van der Waals surface area (Å²) in [4.78, 5) is 0. The quantitative estimate of drug-likeness (QED) is 0.938. The molecule has 1 aliphatic heterocycles. The van der Waals surface area contributed by atoms with Crippen LogP contribution in [-0.4, -0.2) is 19.3 Å². The third-order valence-corrected chi connectivity index (χ3v) is 3.65. The number of rotatable bonds is 4. The lowest BCUT2D eigenvalue weighted by Crippen LogP contribution is -2.25. The van der Waals surface area contributed by atoms with Crippen molar-refractivity contribution in [2.75, 3.05) is 13.2 Å². The number of ether oxygens (including phenoxy) is 2. The Morgan fingerprint density at radius 3 is 2.38 bits per heavy atom. The van der Waals surface area contributed by atoms with Crippen molar-refractivity contribution in [1.29, 1.82) is 0 Å². The van der Waals surface area contributed by atoms with Gasteiger partial charge in [-0.3, -0.25) is 0 Å². The fourth-order valence-electron chi connectivity index (χ4n) is 2.63. The Labute approximate surface area is 125 Å². The molecule has 0 bridgehead atoms. The highest BCUT2D eigenvalue weighted by molar-refractivity contribution is 5.43. The van der Waals surface area contributed by atoms with Crippen molar-refractivity contribution in [3.63, 3.8) is 0 Å². The summed E-state index contributed by atoms with van der Waals surface area (Å²) in [6.07, 6.45) is 2.65. The number of hydrogen-bond donors (Lipinski definition) is 1. The van der Waals surface area contributed by atoms with E-state index < -0.39 is 0 Å². The minimum Gasteiger partial charge on any atom is -0.490 e. The van der Waals surface area contributed by atoms with Crippen LogP contribution in [0.3, 0.4) is 0 Å².